The number of rotatable bonds is 38. The Bertz CT molecular complexity index is 1410. The van der Waals surface area contributed by atoms with Crippen LogP contribution in [0.3, 0.4) is 0 Å². The van der Waals surface area contributed by atoms with Gasteiger partial charge in [0.2, 0.25) is 0 Å². The number of hydrogen-bond acceptors (Lipinski definition) is 22. The van der Waals surface area contributed by atoms with Crippen LogP contribution in [0.15, 0.2) is 12.7 Å². The van der Waals surface area contributed by atoms with Gasteiger partial charge in [-0.15, -0.1) is 16.7 Å². The fourth-order valence-corrected chi connectivity index (χ4v) is 8.93. The van der Waals surface area contributed by atoms with Gasteiger partial charge in [-0.1, -0.05) is 13.5 Å². The van der Waals surface area contributed by atoms with Gasteiger partial charge in [0.15, 0.2) is 0 Å². The molecule has 24 nitrogen and oxygen atoms in total. The van der Waals surface area contributed by atoms with Crippen LogP contribution in [0.4, 0.5) is 0 Å². The highest BCUT2D eigenvalue weighted by Crippen LogP contribution is 2.18. The topological polar surface area (TPSA) is 272 Å². The fraction of sp³-hybridized carbons (Fsp3) is 0.767. The second kappa shape index (κ2) is 43.9. The van der Waals surface area contributed by atoms with E-state index in [0.29, 0.717) is 95.5 Å². The predicted molar refractivity (Wildman–Crippen MR) is 247 cm³/mol. The van der Waals surface area contributed by atoms with Gasteiger partial charge >= 0.3 is 42.2 Å². The van der Waals surface area contributed by atoms with Crippen LogP contribution in [0.1, 0.15) is 107 Å². The van der Waals surface area contributed by atoms with Crippen LogP contribution in [0.5, 0.6) is 0 Å². The molecule has 69 heavy (non-hydrogen) atoms. The van der Waals surface area contributed by atoms with Gasteiger partial charge in [0.1, 0.15) is 13.2 Å². The van der Waals surface area contributed by atoms with E-state index in [1.165, 1.54) is 0 Å². The summed E-state index contributed by atoms with van der Waals surface area (Å²) in [5, 5.41) is 0.884. The lowest BCUT2D eigenvalue weighted by Gasteiger charge is -2.28. The number of amides is 4. The summed E-state index contributed by atoms with van der Waals surface area (Å²) in [4.78, 5) is 101. The number of imide groups is 2. The van der Waals surface area contributed by atoms with Crippen molar-refractivity contribution in [1.29, 1.82) is 0 Å². The first-order chi connectivity index (χ1) is 32.8. The van der Waals surface area contributed by atoms with Crippen molar-refractivity contribution >= 4 is 65.8 Å². The quantitative estimate of drug-likeness (QED) is 0.0283. The van der Waals surface area contributed by atoms with E-state index < -0.39 is 65.8 Å². The predicted octanol–water partition coefficient (Wildman–Crippen LogP) is 2.97. The van der Waals surface area contributed by atoms with Crippen LogP contribution < -0.4 is 0 Å². The molecule has 0 bridgehead atoms. The Morgan fingerprint density at radius 1 is 0.507 bits per heavy atom. The van der Waals surface area contributed by atoms with Crippen LogP contribution in [0, 0.1) is 0 Å². The van der Waals surface area contributed by atoms with Crippen LogP contribution in [-0.2, 0) is 103 Å². The molecular formula is C43H78N2O22Si2. The molecule has 0 radical (unpaired) electrons. The molecule has 0 N–H and O–H groups in total. The lowest BCUT2D eigenvalue weighted by atomic mass is 10.3. The van der Waals surface area contributed by atoms with E-state index in [4.69, 9.17) is 55.0 Å². The highest BCUT2D eigenvalue weighted by Gasteiger charge is 2.39. The van der Waals surface area contributed by atoms with E-state index in [1.54, 1.807) is 6.08 Å². The Balaban J connectivity index is 0. The lowest BCUT2D eigenvalue weighted by molar-refractivity contribution is -0.197. The number of carbonyl (C=O) groups excluding carboxylic acids is 8. The summed E-state index contributed by atoms with van der Waals surface area (Å²) in [5.41, 5.74) is 0. The van der Waals surface area contributed by atoms with E-state index in [1.807, 2.05) is 41.5 Å². The van der Waals surface area contributed by atoms with E-state index in [0.717, 1.165) is 6.42 Å². The molecule has 0 aromatic heterocycles. The van der Waals surface area contributed by atoms with E-state index in [-0.39, 0.29) is 85.2 Å². The molecule has 0 atom stereocenters. The first-order valence-electron chi connectivity index (χ1n) is 22.9. The van der Waals surface area contributed by atoms with E-state index in [9.17, 15) is 38.4 Å². The maximum Gasteiger partial charge on any atom is 0.501 e. The molecule has 0 aromatic rings. The monoisotopic (exact) mass is 1030 g/mol. The molecule has 2 heterocycles. The minimum atomic E-state index is -2.64. The number of esters is 2. The third-order valence-electron chi connectivity index (χ3n) is 8.20. The van der Waals surface area contributed by atoms with Crippen LogP contribution in [0.2, 0.25) is 6.04 Å². The molecule has 2 aliphatic rings. The van der Waals surface area contributed by atoms with Crippen LogP contribution in [0.25, 0.3) is 0 Å². The van der Waals surface area contributed by atoms with Crippen molar-refractivity contribution in [2.24, 2.45) is 0 Å². The molecule has 4 amide bonds. The van der Waals surface area contributed by atoms with Crippen LogP contribution >= 0.6 is 0 Å². The largest absolute Gasteiger partial charge is 0.501 e. The molecular weight excluding hydrogens is 953 g/mol. The van der Waals surface area contributed by atoms with Crippen molar-refractivity contribution in [2.45, 2.75) is 113 Å². The summed E-state index contributed by atoms with van der Waals surface area (Å²) >= 11 is 0. The summed E-state index contributed by atoms with van der Waals surface area (Å²) in [6, 6.07) is 0.678. The Morgan fingerprint density at radius 3 is 1.19 bits per heavy atom. The molecule has 26 heteroatoms. The molecule has 2 saturated heterocycles. The first-order valence-corrected chi connectivity index (χ1v) is 26.2. The summed E-state index contributed by atoms with van der Waals surface area (Å²) in [6.45, 7) is 21.7. The number of nitrogens with zero attached hydrogens (tertiary/aromatic N) is 2. The van der Waals surface area contributed by atoms with Gasteiger partial charge in [0.05, 0.1) is 71.9 Å². The minimum Gasteiger partial charge on any atom is -0.463 e. The van der Waals surface area contributed by atoms with Gasteiger partial charge in [-0.25, -0.2) is 9.59 Å². The summed E-state index contributed by atoms with van der Waals surface area (Å²) in [5.74, 6) is -5.17. The molecule has 400 valence electrons. The van der Waals surface area contributed by atoms with Gasteiger partial charge < -0.3 is 64.7 Å². The van der Waals surface area contributed by atoms with Gasteiger partial charge in [0.25, 0.3) is 23.6 Å². The zero-order valence-electron chi connectivity index (χ0n) is 40.6. The normalized spacial score (nSPS) is 13.3. The summed E-state index contributed by atoms with van der Waals surface area (Å²) in [6.07, 6.45) is 1.41. The molecule has 0 aromatic carbocycles. The van der Waals surface area contributed by atoms with Gasteiger partial charge in [-0.2, -0.15) is 0 Å². The van der Waals surface area contributed by atoms with Gasteiger partial charge in [-0.3, -0.25) is 28.8 Å². The second-order valence-electron chi connectivity index (χ2n) is 13.5. The fourth-order valence-electron chi connectivity index (χ4n) is 5.25. The molecule has 0 spiro atoms. The lowest BCUT2D eigenvalue weighted by Crippen LogP contribution is -2.46. The Kier molecular flexibility index (Phi) is 42.7. The Hall–Kier alpha value is -4.07. The van der Waals surface area contributed by atoms with E-state index in [2.05, 4.69) is 16.3 Å². The van der Waals surface area contributed by atoms with Crippen molar-refractivity contribution < 1.29 is 103 Å². The third kappa shape index (κ3) is 34.0. The molecule has 0 aliphatic carbocycles. The van der Waals surface area contributed by atoms with Crippen LogP contribution in [-0.4, -0.2) is 182 Å². The average Bonchev–Trinajstić information content (AvgIpc) is 3.80. The minimum absolute atomic E-state index is 0. The summed E-state index contributed by atoms with van der Waals surface area (Å²) < 4.78 is 64.0. The number of carbonyl (C=O) groups is 8. The van der Waals surface area contributed by atoms with E-state index >= 15 is 0 Å². The molecule has 0 unspecified atom stereocenters. The SMILES string of the molecule is C.C=CCOCCOCCOC(=O)CCC(=O)ON1C(=O)CCC1=O.CCO[SiH](OCC)OCC.CCO[Si](CCCOCCOCCOC(=O)CCC(=O)ON1C(=O)CCC1=O)(OCC)OCC. The maximum absolute atomic E-state index is 11.7. The number of hydroxylamine groups is 4. The van der Waals surface area contributed by atoms with Crippen molar-refractivity contribution in [3.05, 3.63) is 12.7 Å². The standard InChI is InChI=1S/C21H37NO11Si.C15H21NO8.C6H16O3Si.CH4/c1-4-30-34(31-5-2,32-6-3)17-7-12-27-13-14-28-15-16-29-20(25)10-11-21(26)33-22-18(23)8-9-19(22)24;1-2-7-21-8-9-22-10-11-23-14(19)5-6-15(20)24-16-12(17)3-4-13(16)18;1-4-7-10(8-5-2)9-6-3;/h4-17H2,1-3H3;2H,1,3-11H2;10H,4-6H2,1-3H3;1H4. The Morgan fingerprint density at radius 2 is 0.841 bits per heavy atom. The highest BCUT2D eigenvalue weighted by atomic mass is 28.4. The number of ether oxygens (including phenoxy) is 6. The molecule has 2 aliphatic heterocycles. The molecule has 2 rings (SSSR count). The van der Waals surface area contributed by atoms with Crippen molar-refractivity contribution in [3.63, 3.8) is 0 Å². The zero-order valence-corrected chi connectivity index (χ0v) is 42.8. The average molecular weight is 1030 g/mol. The van der Waals surface area contributed by atoms with Crippen molar-refractivity contribution in [3.8, 4) is 0 Å². The number of hydrogen-bond donors (Lipinski definition) is 0. The van der Waals surface area contributed by atoms with Gasteiger partial charge in [0, 0.05) is 78.0 Å². The highest BCUT2D eigenvalue weighted by molar-refractivity contribution is 6.60. The second-order valence-corrected chi connectivity index (χ2v) is 17.8. The van der Waals surface area contributed by atoms with Crippen molar-refractivity contribution in [2.75, 3.05) is 106 Å². The first kappa shape index (κ1) is 67.0. The summed E-state index contributed by atoms with van der Waals surface area (Å²) in [7, 11) is -4.38. The third-order valence-corrected chi connectivity index (χ3v) is 13.2. The smallest absolute Gasteiger partial charge is 0.463 e. The Labute approximate surface area is 409 Å². The zero-order chi connectivity index (χ0) is 50.8. The molecule has 0 saturated carbocycles. The van der Waals surface area contributed by atoms with Crippen molar-refractivity contribution in [1.82, 2.24) is 10.1 Å². The van der Waals surface area contributed by atoms with Gasteiger partial charge in [-0.05, 0) is 48.0 Å². The maximum atomic E-state index is 11.7. The molecule has 2 fully saturated rings.